The second-order valence-corrected chi connectivity index (χ2v) is 11.4. The number of carbonyl (C=O) groups excluding carboxylic acids is 1. The maximum absolute atomic E-state index is 12.7. The molecule has 11 heteroatoms. The zero-order valence-electron chi connectivity index (χ0n) is 26.5. The molecule has 0 saturated carbocycles. The highest BCUT2D eigenvalue weighted by Gasteiger charge is 2.48. The molecule has 4 aromatic carbocycles. The summed E-state index contributed by atoms with van der Waals surface area (Å²) in [5.41, 5.74) is 3.08. The number of aliphatic hydroxyl groups excluding tert-OH is 1. The van der Waals surface area contributed by atoms with Crippen LogP contribution in [0.3, 0.4) is 0 Å². The molecule has 1 fully saturated rings. The Labute approximate surface area is 279 Å². The molecule has 252 valence electrons. The SMILES string of the molecule is CC(COC(=O)OC[C@H]1OC(O)[C@H](OCc2ccccc2)[C@@H](OCc2ccccc2)[C@@H]1OCc1ccccc1)c1ccccc1[N+](=O)[O-]. The topological polar surface area (TPSA) is 136 Å². The van der Waals surface area contributed by atoms with Gasteiger partial charge in [-0.1, -0.05) is 116 Å². The van der Waals surface area contributed by atoms with Crippen LogP contribution in [0.5, 0.6) is 0 Å². The molecular weight excluding hydrogens is 618 g/mol. The van der Waals surface area contributed by atoms with E-state index >= 15 is 0 Å². The van der Waals surface area contributed by atoms with E-state index in [0.717, 1.165) is 16.7 Å². The van der Waals surface area contributed by atoms with Crippen LogP contribution in [0.4, 0.5) is 10.5 Å². The summed E-state index contributed by atoms with van der Waals surface area (Å²) in [5, 5.41) is 22.7. The second kappa shape index (κ2) is 17.5. The van der Waals surface area contributed by atoms with Crippen LogP contribution < -0.4 is 0 Å². The first kappa shape index (κ1) is 34.7. The monoisotopic (exact) mass is 657 g/mol. The fourth-order valence-electron chi connectivity index (χ4n) is 5.44. The van der Waals surface area contributed by atoms with Crippen molar-refractivity contribution in [1.29, 1.82) is 0 Å². The van der Waals surface area contributed by atoms with Crippen molar-refractivity contribution in [1.82, 2.24) is 0 Å². The molecule has 5 rings (SSSR count). The molecule has 0 aromatic heterocycles. The van der Waals surface area contributed by atoms with Crippen molar-refractivity contribution in [3.8, 4) is 0 Å². The minimum Gasteiger partial charge on any atom is -0.434 e. The summed E-state index contributed by atoms with van der Waals surface area (Å²) in [4.78, 5) is 23.7. The maximum Gasteiger partial charge on any atom is 0.508 e. The molecule has 11 nitrogen and oxygen atoms in total. The largest absolute Gasteiger partial charge is 0.508 e. The van der Waals surface area contributed by atoms with E-state index in [1.54, 1.807) is 25.1 Å². The van der Waals surface area contributed by atoms with Gasteiger partial charge in [-0.25, -0.2) is 4.79 Å². The predicted molar refractivity (Wildman–Crippen MR) is 175 cm³/mol. The third-order valence-electron chi connectivity index (χ3n) is 7.95. The third kappa shape index (κ3) is 9.69. The van der Waals surface area contributed by atoms with Crippen LogP contribution in [0.1, 0.15) is 35.1 Å². The summed E-state index contributed by atoms with van der Waals surface area (Å²) in [6, 6.07) is 34.9. The quantitative estimate of drug-likeness (QED) is 0.0878. The highest BCUT2D eigenvalue weighted by Crippen LogP contribution is 2.30. The number of nitro groups is 1. The summed E-state index contributed by atoms with van der Waals surface area (Å²) in [7, 11) is 0. The molecule has 0 aliphatic carbocycles. The van der Waals surface area contributed by atoms with Crippen LogP contribution in [0, 0.1) is 10.1 Å². The van der Waals surface area contributed by atoms with Crippen LogP contribution in [-0.2, 0) is 48.2 Å². The molecule has 0 radical (unpaired) electrons. The number of para-hydroxylation sites is 1. The smallest absolute Gasteiger partial charge is 0.434 e. The predicted octanol–water partition coefficient (Wildman–Crippen LogP) is 6.32. The zero-order chi connectivity index (χ0) is 33.7. The fraction of sp³-hybridized carbons (Fsp3) is 0.324. The fourth-order valence-corrected chi connectivity index (χ4v) is 5.44. The molecular formula is C37H39NO10. The molecule has 4 aromatic rings. The van der Waals surface area contributed by atoms with Crippen LogP contribution in [0.25, 0.3) is 0 Å². The first-order valence-corrected chi connectivity index (χ1v) is 15.7. The van der Waals surface area contributed by atoms with Crippen molar-refractivity contribution in [2.45, 2.75) is 63.4 Å². The minimum atomic E-state index is -1.44. The Bertz CT molecular complexity index is 1570. The first-order chi connectivity index (χ1) is 23.4. The molecule has 1 N–H and O–H groups in total. The molecule has 0 bridgehead atoms. The van der Waals surface area contributed by atoms with E-state index in [1.807, 2.05) is 91.0 Å². The lowest BCUT2D eigenvalue weighted by atomic mass is 9.98. The van der Waals surface area contributed by atoms with Gasteiger partial charge in [-0.15, -0.1) is 0 Å². The molecule has 2 unspecified atom stereocenters. The molecule has 1 heterocycles. The summed E-state index contributed by atoms with van der Waals surface area (Å²) >= 11 is 0. The molecule has 1 saturated heterocycles. The number of carbonyl (C=O) groups is 1. The van der Waals surface area contributed by atoms with Crippen molar-refractivity contribution >= 4 is 11.8 Å². The van der Waals surface area contributed by atoms with Crippen LogP contribution in [-0.4, -0.2) is 60.1 Å². The second-order valence-electron chi connectivity index (χ2n) is 11.4. The Morgan fingerprint density at radius 3 is 1.75 bits per heavy atom. The van der Waals surface area contributed by atoms with Crippen molar-refractivity contribution in [2.24, 2.45) is 0 Å². The van der Waals surface area contributed by atoms with Crippen molar-refractivity contribution in [2.75, 3.05) is 13.2 Å². The van der Waals surface area contributed by atoms with Gasteiger partial charge in [-0.3, -0.25) is 10.1 Å². The lowest BCUT2D eigenvalue weighted by Gasteiger charge is -2.44. The molecule has 0 amide bonds. The van der Waals surface area contributed by atoms with Crippen LogP contribution >= 0.6 is 0 Å². The lowest BCUT2D eigenvalue weighted by molar-refractivity contribution is -0.385. The van der Waals surface area contributed by atoms with Gasteiger partial charge in [-0.2, -0.15) is 0 Å². The Morgan fingerprint density at radius 1 is 0.729 bits per heavy atom. The standard InChI is InChI=1S/C37H39NO10/c1-26(30-19-11-12-20-31(30)38(41)42)21-46-37(40)47-25-32-33(43-22-27-13-5-2-6-14-27)34(44-23-28-15-7-3-8-16-28)35(36(39)48-32)45-24-29-17-9-4-10-18-29/h2-20,26,32-36,39H,21-25H2,1H3/t26?,32-,33-,34+,35-,36?/m1/s1. The van der Waals surface area contributed by atoms with Gasteiger partial charge in [0.15, 0.2) is 6.29 Å². The molecule has 1 aliphatic rings. The summed E-state index contributed by atoms with van der Waals surface area (Å²) in [6.07, 6.45) is -6.00. The Balaban J connectivity index is 1.30. The number of hydrogen-bond donors (Lipinski definition) is 1. The maximum atomic E-state index is 12.7. The minimum absolute atomic E-state index is 0.0597. The third-order valence-corrected chi connectivity index (χ3v) is 7.95. The Kier molecular flexibility index (Phi) is 12.6. The van der Waals surface area contributed by atoms with Crippen molar-refractivity contribution < 1.29 is 43.2 Å². The number of rotatable bonds is 15. The average Bonchev–Trinajstić information content (AvgIpc) is 3.12. The van der Waals surface area contributed by atoms with E-state index in [-0.39, 0.29) is 38.7 Å². The van der Waals surface area contributed by atoms with Gasteiger partial charge in [-0.05, 0) is 16.7 Å². The molecule has 1 aliphatic heterocycles. The number of aliphatic hydroxyl groups is 1. The number of nitrogens with zero attached hydrogens (tertiary/aromatic N) is 1. The van der Waals surface area contributed by atoms with E-state index < -0.39 is 47.7 Å². The summed E-state index contributed by atoms with van der Waals surface area (Å²) in [6.45, 7) is 1.82. The van der Waals surface area contributed by atoms with Gasteiger partial charge < -0.3 is 33.5 Å². The van der Waals surface area contributed by atoms with Crippen molar-refractivity contribution in [3.05, 3.63) is 148 Å². The van der Waals surface area contributed by atoms with Gasteiger partial charge in [0.25, 0.3) is 5.69 Å². The summed E-state index contributed by atoms with van der Waals surface area (Å²) in [5.74, 6) is -0.466. The van der Waals surface area contributed by atoms with Gasteiger partial charge in [0.05, 0.1) is 24.7 Å². The van der Waals surface area contributed by atoms with Gasteiger partial charge >= 0.3 is 6.16 Å². The van der Waals surface area contributed by atoms with Crippen molar-refractivity contribution in [3.63, 3.8) is 0 Å². The van der Waals surface area contributed by atoms with Crippen LogP contribution in [0.2, 0.25) is 0 Å². The first-order valence-electron chi connectivity index (χ1n) is 15.7. The Hall–Kier alpha value is -4.65. The number of ether oxygens (including phenoxy) is 6. The van der Waals surface area contributed by atoms with Gasteiger partial charge in [0.1, 0.15) is 37.6 Å². The zero-order valence-corrected chi connectivity index (χ0v) is 26.5. The Morgan fingerprint density at radius 2 is 1.21 bits per heavy atom. The number of hydrogen-bond acceptors (Lipinski definition) is 10. The van der Waals surface area contributed by atoms with Gasteiger partial charge in [0.2, 0.25) is 0 Å². The molecule has 6 atom stereocenters. The van der Waals surface area contributed by atoms with Gasteiger partial charge in [0, 0.05) is 17.5 Å². The highest BCUT2D eigenvalue weighted by molar-refractivity contribution is 5.60. The lowest BCUT2D eigenvalue weighted by Crippen LogP contribution is -2.61. The van der Waals surface area contributed by atoms with Crippen LogP contribution in [0.15, 0.2) is 115 Å². The molecule has 48 heavy (non-hydrogen) atoms. The highest BCUT2D eigenvalue weighted by atomic mass is 16.7. The summed E-state index contributed by atoms with van der Waals surface area (Å²) < 4.78 is 35.8. The van der Waals surface area contributed by atoms with E-state index in [2.05, 4.69) is 0 Å². The number of benzene rings is 4. The average molecular weight is 658 g/mol. The normalized spacial score (nSPS) is 21.2. The van der Waals surface area contributed by atoms with E-state index in [1.165, 1.54) is 6.07 Å². The number of nitro benzene ring substituents is 1. The van der Waals surface area contributed by atoms with E-state index in [9.17, 15) is 20.0 Å². The van der Waals surface area contributed by atoms with E-state index in [4.69, 9.17) is 28.4 Å². The van der Waals surface area contributed by atoms with E-state index in [0.29, 0.717) is 5.56 Å². The molecule has 0 spiro atoms.